The van der Waals surface area contributed by atoms with Gasteiger partial charge in [-0.05, 0) is 12.8 Å². The minimum absolute atomic E-state index is 0.0873. The van der Waals surface area contributed by atoms with Crippen LogP contribution in [0.2, 0.25) is 0 Å². The number of rotatable bonds is 4. The summed E-state index contributed by atoms with van der Waals surface area (Å²) in [5, 5.41) is 21.1. The highest BCUT2D eigenvalue weighted by Gasteiger charge is 2.59. The molecule has 0 aromatic carbocycles. The lowest BCUT2D eigenvalue weighted by Gasteiger charge is -2.38. The van der Waals surface area contributed by atoms with Gasteiger partial charge in [-0.3, -0.25) is 0 Å². The van der Waals surface area contributed by atoms with Crippen LogP contribution in [0.5, 0.6) is 0 Å². The Morgan fingerprint density at radius 2 is 1.21 bits per heavy atom. The van der Waals surface area contributed by atoms with E-state index >= 15 is 0 Å². The highest BCUT2D eigenvalue weighted by molar-refractivity contribution is 5.15. The van der Waals surface area contributed by atoms with Crippen LogP contribution >= 0.6 is 0 Å². The Hall–Kier alpha value is -0.500. The molecule has 0 bridgehead atoms. The van der Waals surface area contributed by atoms with Crippen molar-refractivity contribution in [1.29, 1.82) is 0 Å². The molecule has 0 radical (unpaired) electrons. The summed E-state index contributed by atoms with van der Waals surface area (Å²) in [5.41, 5.74) is -0.875. The molecular weight excluding hydrogens is 312 g/mol. The maximum Gasteiger partial charge on any atom is 0.123 e. The third kappa shape index (κ3) is 2.83. The number of ether oxygens (including phenoxy) is 4. The van der Waals surface area contributed by atoms with Crippen molar-refractivity contribution in [2.45, 2.75) is 87.4 Å². The standard InChI is InChI=1S/C18H28O6/c1-3-11-7-17(9-21-17)15(19)13(23-11)5-6-14-16(20)18(10-22-18)8-12(4-2)24-14/h5-6,11-16,19-20H,3-4,7-10H2,1-2H3/b6-5+/t11-,12-,13+,14+,15+,16+,17+,18+/m0/s1. The van der Waals surface area contributed by atoms with Gasteiger partial charge in [0, 0.05) is 12.8 Å². The van der Waals surface area contributed by atoms with E-state index in [0.29, 0.717) is 13.2 Å². The highest BCUT2D eigenvalue weighted by Crippen LogP contribution is 2.45. The lowest BCUT2D eigenvalue weighted by molar-refractivity contribution is -0.139. The third-order valence-electron chi connectivity index (χ3n) is 5.98. The van der Waals surface area contributed by atoms with Gasteiger partial charge in [-0.25, -0.2) is 0 Å². The first-order valence-electron chi connectivity index (χ1n) is 9.15. The molecule has 4 saturated heterocycles. The van der Waals surface area contributed by atoms with Crippen molar-refractivity contribution in [1.82, 2.24) is 0 Å². The molecule has 4 heterocycles. The van der Waals surface area contributed by atoms with E-state index in [1.807, 2.05) is 12.2 Å². The molecule has 0 aromatic heterocycles. The van der Waals surface area contributed by atoms with E-state index in [0.717, 1.165) is 25.7 Å². The van der Waals surface area contributed by atoms with Gasteiger partial charge in [0.05, 0.1) is 25.4 Å². The second-order valence-corrected chi connectivity index (χ2v) is 7.65. The molecule has 0 saturated carbocycles. The van der Waals surface area contributed by atoms with Gasteiger partial charge in [0.25, 0.3) is 0 Å². The Morgan fingerprint density at radius 3 is 1.50 bits per heavy atom. The van der Waals surface area contributed by atoms with E-state index in [4.69, 9.17) is 18.9 Å². The zero-order valence-electron chi connectivity index (χ0n) is 14.4. The summed E-state index contributed by atoms with van der Waals surface area (Å²) in [4.78, 5) is 0. The topological polar surface area (TPSA) is 84.0 Å². The molecule has 4 fully saturated rings. The van der Waals surface area contributed by atoms with Crippen LogP contribution < -0.4 is 0 Å². The molecule has 4 aliphatic heterocycles. The predicted octanol–water partition coefficient (Wildman–Crippen LogP) is 0.937. The first kappa shape index (κ1) is 16.9. The van der Waals surface area contributed by atoms with Crippen LogP contribution in [0.3, 0.4) is 0 Å². The Bertz CT molecular complexity index is 454. The van der Waals surface area contributed by atoms with Crippen LogP contribution in [0.4, 0.5) is 0 Å². The molecule has 0 aromatic rings. The van der Waals surface area contributed by atoms with E-state index in [1.165, 1.54) is 0 Å². The van der Waals surface area contributed by atoms with Gasteiger partial charge in [-0.15, -0.1) is 0 Å². The molecule has 6 nitrogen and oxygen atoms in total. The summed E-state index contributed by atoms with van der Waals surface area (Å²) in [6, 6.07) is 0. The number of aliphatic hydroxyl groups excluding tert-OH is 2. The predicted molar refractivity (Wildman–Crippen MR) is 85.7 cm³/mol. The monoisotopic (exact) mass is 340 g/mol. The lowest BCUT2D eigenvalue weighted by atomic mass is 9.86. The first-order chi connectivity index (χ1) is 11.5. The van der Waals surface area contributed by atoms with Crippen LogP contribution in [-0.2, 0) is 18.9 Å². The highest BCUT2D eigenvalue weighted by atomic mass is 16.6. The summed E-state index contributed by atoms with van der Waals surface area (Å²) >= 11 is 0. The van der Waals surface area contributed by atoms with E-state index in [-0.39, 0.29) is 12.2 Å². The van der Waals surface area contributed by atoms with Gasteiger partial charge < -0.3 is 29.2 Å². The van der Waals surface area contributed by atoms with Crippen molar-refractivity contribution in [3.05, 3.63) is 12.2 Å². The molecule has 2 spiro atoms. The number of epoxide rings is 2. The molecule has 136 valence electrons. The molecule has 0 aliphatic carbocycles. The average molecular weight is 340 g/mol. The Kier molecular flexibility index (Phi) is 4.26. The summed E-state index contributed by atoms with van der Waals surface area (Å²) in [6.45, 7) is 5.34. The minimum Gasteiger partial charge on any atom is -0.387 e. The third-order valence-corrected chi connectivity index (χ3v) is 5.98. The zero-order chi connectivity index (χ0) is 16.9. The largest absolute Gasteiger partial charge is 0.387 e. The molecule has 4 rings (SSSR count). The zero-order valence-corrected chi connectivity index (χ0v) is 14.4. The van der Waals surface area contributed by atoms with Gasteiger partial charge in [-0.2, -0.15) is 0 Å². The van der Waals surface area contributed by atoms with Crippen LogP contribution in [0.25, 0.3) is 0 Å². The molecule has 6 heteroatoms. The molecule has 0 amide bonds. The second kappa shape index (κ2) is 6.04. The first-order valence-corrected chi connectivity index (χ1v) is 9.15. The normalized spacial score (nSPS) is 53.8. The molecule has 8 atom stereocenters. The van der Waals surface area contributed by atoms with Crippen LogP contribution in [-0.4, -0.2) is 71.3 Å². The second-order valence-electron chi connectivity index (χ2n) is 7.65. The van der Waals surface area contributed by atoms with Crippen LogP contribution in [0, 0.1) is 0 Å². The summed E-state index contributed by atoms with van der Waals surface area (Å²) < 4.78 is 23.0. The smallest absolute Gasteiger partial charge is 0.123 e. The van der Waals surface area contributed by atoms with Crippen molar-refractivity contribution in [2.24, 2.45) is 0 Å². The Morgan fingerprint density at radius 1 is 0.833 bits per heavy atom. The van der Waals surface area contributed by atoms with Crippen molar-refractivity contribution in [3.63, 3.8) is 0 Å². The van der Waals surface area contributed by atoms with E-state index in [9.17, 15) is 10.2 Å². The van der Waals surface area contributed by atoms with Crippen molar-refractivity contribution >= 4 is 0 Å². The van der Waals surface area contributed by atoms with Gasteiger partial charge in [0.15, 0.2) is 0 Å². The van der Waals surface area contributed by atoms with E-state index < -0.39 is 35.6 Å². The lowest BCUT2D eigenvalue weighted by Crippen LogP contribution is -2.51. The number of hydrogen-bond acceptors (Lipinski definition) is 6. The quantitative estimate of drug-likeness (QED) is 0.585. The minimum atomic E-state index is -0.676. The van der Waals surface area contributed by atoms with E-state index in [2.05, 4.69) is 13.8 Å². The maximum absolute atomic E-state index is 10.6. The molecule has 2 N–H and O–H groups in total. The van der Waals surface area contributed by atoms with Gasteiger partial charge in [0.1, 0.15) is 35.6 Å². The molecule has 4 aliphatic rings. The van der Waals surface area contributed by atoms with Crippen molar-refractivity contribution in [2.75, 3.05) is 13.2 Å². The molecule has 0 unspecified atom stereocenters. The van der Waals surface area contributed by atoms with Gasteiger partial charge in [-0.1, -0.05) is 26.0 Å². The van der Waals surface area contributed by atoms with Gasteiger partial charge in [0.2, 0.25) is 0 Å². The SMILES string of the molecule is CC[C@H]1C[C@@]2(CO2)[C@H](O)[C@@H](/C=C/[C@H]2O[C@@H](CC)C[C@@]3(CO3)[C@@H]2O)O1. The van der Waals surface area contributed by atoms with E-state index in [1.54, 1.807) is 0 Å². The fourth-order valence-corrected chi connectivity index (χ4v) is 4.06. The summed E-state index contributed by atoms with van der Waals surface area (Å²) in [6.07, 6.45) is 4.89. The van der Waals surface area contributed by atoms with Crippen molar-refractivity contribution < 1.29 is 29.2 Å². The molecular formula is C18H28O6. The van der Waals surface area contributed by atoms with Crippen LogP contribution in [0.1, 0.15) is 39.5 Å². The molecule has 24 heavy (non-hydrogen) atoms. The maximum atomic E-state index is 10.6. The summed E-state index contributed by atoms with van der Waals surface area (Å²) in [7, 11) is 0. The summed E-state index contributed by atoms with van der Waals surface area (Å²) in [5.74, 6) is 0. The van der Waals surface area contributed by atoms with Gasteiger partial charge >= 0.3 is 0 Å². The van der Waals surface area contributed by atoms with Crippen LogP contribution in [0.15, 0.2) is 12.2 Å². The van der Waals surface area contributed by atoms with Crippen molar-refractivity contribution in [3.8, 4) is 0 Å². The Balaban J connectivity index is 1.47. The average Bonchev–Trinajstić information content (AvgIpc) is 3.50. The fraction of sp³-hybridized carbons (Fsp3) is 0.889. The number of hydrogen-bond donors (Lipinski definition) is 2. The Labute approximate surface area is 142 Å². The number of aliphatic hydroxyl groups is 2. The fourth-order valence-electron chi connectivity index (χ4n) is 4.06.